The van der Waals surface area contributed by atoms with Gasteiger partial charge in [-0.05, 0) is 13.8 Å². The van der Waals surface area contributed by atoms with Crippen molar-refractivity contribution in [3.63, 3.8) is 0 Å². The molecule has 76 valence electrons. The van der Waals surface area contributed by atoms with Crippen molar-refractivity contribution in [3.05, 3.63) is 17.5 Å². The average Bonchev–Trinajstić information content (AvgIpc) is 2.46. The van der Waals surface area contributed by atoms with Crippen LogP contribution >= 0.6 is 0 Å². The minimum absolute atomic E-state index is 0.0625. The summed E-state index contributed by atoms with van der Waals surface area (Å²) in [7, 11) is 0. The molecule has 0 radical (unpaired) electrons. The highest BCUT2D eigenvalue weighted by molar-refractivity contribution is 6.02. The van der Waals surface area contributed by atoms with Crippen LogP contribution in [0.1, 0.15) is 40.7 Å². The van der Waals surface area contributed by atoms with Crippen LogP contribution in [0, 0.1) is 0 Å². The van der Waals surface area contributed by atoms with E-state index in [1.807, 2.05) is 0 Å². The summed E-state index contributed by atoms with van der Waals surface area (Å²) in [6.45, 7) is 3.57. The lowest BCUT2D eigenvalue weighted by molar-refractivity contribution is 0.0691. The Morgan fingerprint density at radius 2 is 2.14 bits per heavy atom. The fourth-order valence-electron chi connectivity index (χ4n) is 1.16. The van der Waals surface area contributed by atoms with Gasteiger partial charge in [0.1, 0.15) is 11.3 Å². The standard InChI is InChI=1S/C8H11N3O3/c1-4(2)11-6(7(9)12)5(3-10-11)8(13)14/h3-4H,1-2H3,(H2,9,12)(H,13,14). The highest BCUT2D eigenvalue weighted by Gasteiger charge is 2.21. The molecule has 0 aliphatic heterocycles. The summed E-state index contributed by atoms with van der Waals surface area (Å²) < 4.78 is 1.30. The third kappa shape index (κ3) is 1.59. The zero-order valence-electron chi connectivity index (χ0n) is 7.89. The smallest absolute Gasteiger partial charge is 0.339 e. The van der Waals surface area contributed by atoms with Crippen LogP contribution in [0.4, 0.5) is 0 Å². The second kappa shape index (κ2) is 3.49. The second-order valence-corrected chi connectivity index (χ2v) is 3.11. The molecule has 0 saturated heterocycles. The molecule has 0 aliphatic carbocycles. The molecular formula is C8H11N3O3. The molecule has 0 unspecified atom stereocenters. The van der Waals surface area contributed by atoms with Gasteiger partial charge in [0, 0.05) is 6.04 Å². The molecule has 1 aromatic heterocycles. The number of nitrogens with two attached hydrogens (primary N) is 1. The Bertz CT molecular complexity index is 381. The normalized spacial score (nSPS) is 10.5. The number of carbonyl (C=O) groups excluding carboxylic acids is 1. The van der Waals surface area contributed by atoms with Gasteiger partial charge in [-0.2, -0.15) is 5.10 Å². The molecule has 1 rings (SSSR count). The van der Waals surface area contributed by atoms with Gasteiger partial charge in [0.25, 0.3) is 5.91 Å². The number of carbonyl (C=O) groups is 2. The van der Waals surface area contributed by atoms with Crippen LogP contribution < -0.4 is 5.73 Å². The van der Waals surface area contributed by atoms with Crippen LogP contribution in [-0.4, -0.2) is 26.8 Å². The van der Waals surface area contributed by atoms with Gasteiger partial charge < -0.3 is 10.8 Å². The highest BCUT2D eigenvalue weighted by Crippen LogP contribution is 2.13. The average molecular weight is 197 g/mol. The van der Waals surface area contributed by atoms with Gasteiger partial charge in [0.2, 0.25) is 0 Å². The monoisotopic (exact) mass is 197 g/mol. The van der Waals surface area contributed by atoms with Gasteiger partial charge >= 0.3 is 5.97 Å². The molecule has 1 aromatic rings. The molecule has 0 spiro atoms. The Morgan fingerprint density at radius 3 is 2.50 bits per heavy atom. The number of rotatable bonds is 3. The lowest BCUT2D eigenvalue weighted by Gasteiger charge is -2.08. The minimum Gasteiger partial charge on any atom is -0.478 e. The van der Waals surface area contributed by atoms with Gasteiger partial charge in [-0.15, -0.1) is 0 Å². The van der Waals surface area contributed by atoms with Crippen LogP contribution in [-0.2, 0) is 0 Å². The first kappa shape index (κ1) is 10.2. The van der Waals surface area contributed by atoms with E-state index >= 15 is 0 Å². The molecule has 3 N–H and O–H groups in total. The van der Waals surface area contributed by atoms with Crippen molar-refractivity contribution < 1.29 is 14.7 Å². The van der Waals surface area contributed by atoms with Gasteiger partial charge in [-0.25, -0.2) is 4.79 Å². The first-order valence-corrected chi connectivity index (χ1v) is 4.05. The number of amides is 1. The highest BCUT2D eigenvalue weighted by atomic mass is 16.4. The van der Waals surface area contributed by atoms with E-state index in [1.54, 1.807) is 13.8 Å². The van der Waals surface area contributed by atoms with Gasteiger partial charge in [-0.1, -0.05) is 0 Å². The number of aromatic nitrogens is 2. The topological polar surface area (TPSA) is 98.2 Å². The molecule has 0 saturated carbocycles. The van der Waals surface area contributed by atoms with Crippen molar-refractivity contribution in [3.8, 4) is 0 Å². The number of hydrogen-bond donors (Lipinski definition) is 2. The number of nitrogens with zero attached hydrogens (tertiary/aromatic N) is 2. The van der Waals surface area contributed by atoms with E-state index in [0.29, 0.717) is 0 Å². The summed E-state index contributed by atoms with van der Waals surface area (Å²) in [6, 6.07) is -0.106. The zero-order valence-corrected chi connectivity index (χ0v) is 7.89. The van der Waals surface area contributed by atoms with E-state index in [1.165, 1.54) is 4.68 Å². The third-order valence-electron chi connectivity index (χ3n) is 1.75. The van der Waals surface area contributed by atoms with Crippen LogP contribution in [0.15, 0.2) is 6.20 Å². The van der Waals surface area contributed by atoms with E-state index < -0.39 is 11.9 Å². The maximum atomic E-state index is 11.0. The summed E-state index contributed by atoms with van der Waals surface area (Å²) >= 11 is 0. The van der Waals surface area contributed by atoms with Crippen molar-refractivity contribution in [1.29, 1.82) is 0 Å². The maximum absolute atomic E-state index is 11.0. The van der Waals surface area contributed by atoms with Crippen molar-refractivity contribution in [2.45, 2.75) is 19.9 Å². The maximum Gasteiger partial charge on any atom is 0.339 e. The molecule has 6 nitrogen and oxygen atoms in total. The number of aromatic carboxylic acids is 1. The number of carboxylic acids is 1. The van der Waals surface area contributed by atoms with Crippen LogP contribution in [0.2, 0.25) is 0 Å². The number of carboxylic acid groups (broad SMARTS) is 1. The molecule has 0 bridgehead atoms. The molecule has 1 heterocycles. The fraction of sp³-hybridized carbons (Fsp3) is 0.375. The molecule has 14 heavy (non-hydrogen) atoms. The van der Waals surface area contributed by atoms with E-state index in [2.05, 4.69) is 5.10 Å². The largest absolute Gasteiger partial charge is 0.478 e. The lowest BCUT2D eigenvalue weighted by Crippen LogP contribution is -2.21. The Morgan fingerprint density at radius 1 is 1.57 bits per heavy atom. The molecular weight excluding hydrogens is 186 g/mol. The summed E-state index contributed by atoms with van der Waals surface area (Å²) in [4.78, 5) is 21.7. The zero-order chi connectivity index (χ0) is 10.9. The summed E-state index contributed by atoms with van der Waals surface area (Å²) in [6.07, 6.45) is 1.13. The van der Waals surface area contributed by atoms with Crippen LogP contribution in [0.25, 0.3) is 0 Å². The SMILES string of the molecule is CC(C)n1ncc(C(=O)O)c1C(N)=O. The predicted octanol–water partition coefficient (Wildman–Crippen LogP) is 0.261. The van der Waals surface area contributed by atoms with Crippen LogP contribution in [0.5, 0.6) is 0 Å². The van der Waals surface area contributed by atoms with E-state index in [0.717, 1.165) is 6.20 Å². The second-order valence-electron chi connectivity index (χ2n) is 3.11. The predicted molar refractivity (Wildman–Crippen MR) is 48.1 cm³/mol. The van der Waals surface area contributed by atoms with Gasteiger partial charge in [0.05, 0.1) is 6.20 Å². The molecule has 0 fully saturated rings. The Labute approximate surface area is 80.3 Å². The number of primary amides is 1. The molecule has 1 amide bonds. The summed E-state index contributed by atoms with van der Waals surface area (Å²) in [5.41, 5.74) is 4.85. The van der Waals surface area contributed by atoms with Crippen LogP contribution in [0.3, 0.4) is 0 Å². The van der Waals surface area contributed by atoms with Crippen molar-refractivity contribution in [2.24, 2.45) is 5.73 Å². The third-order valence-corrected chi connectivity index (χ3v) is 1.75. The Kier molecular flexibility index (Phi) is 2.55. The molecule has 0 atom stereocenters. The molecule has 0 aliphatic rings. The fourth-order valence-corrected chi connectivity index (χ4v) is 1.16. The van der Waals surface area contributed by atoms with Gasteiger partial charge in [0.15, 0.2) is 0 Å². The quantitative estimate of drug-likeness (QED) is 0.726. The Balaban J connectivity index is 3.35. The van der Waals surface area contributed by atoms with Crippen molar-refractivity contribution in [2.75, 3.05) is 0 Å². The summed E-state index contributed by atoms with van der Waals surface area (Å²) in [5.74, 6) is -1.99. The minimum atomic E-state index is -1.20. The van der Waals surface area contributed by atoms with Gasteiger partial charge in [-0.3, -0.25) is 9.48 Å². The first-order valence-electron chi connectivity index (χ1n) is 4.05. The van der Waals surface area contributed by atoms with Crippen molar-refractivity contribution in [1.82, 2.24) is 9.78 Å². The molecule has 6 heteroatoms. The Hall–Kier alpha value is -1.85. The first-order chi connectivity index (χ1) is 6.45. The van der Waals surface area contributed by atoms with Crippen molar-refractivity contribution >= 4 is 11.9 Å². The van der Waals surface area contributed by atoms with E-state index in [4.69, 9.17) is 10.8 Å². The number of hydrogen-bond acceptors (Lipinski definition) is 3. The van der Waals surface area contributed by atoms with E-state index in [9.17, 15) is 9.59 Å². The molecule has 0 aromatic carbocycles. The lowest BCUT2D eigenvalue weighted by atomic mass is 10.2. The van der Waals surface area contributed by atoms with E-state index in [-0.39, 0.29) is 17.3 Å². The summed E-state index contributed by atoms with van der Waals surface area (Å²) in [5, 5.41) is 12.5.